The number of hydrogen-bond acceptors (Lipinski definition) is 4. The third-order valence-corrected chi connectivity index (χ3v) is 2.35. The SMILES string of the molecule is Cc1ncc(Nc2cccc(CC(=O)O)c2)cn1. The molecule has 0 spiro atoms. The Morgan fingerprint density at radius 3 is 2.67 bits per heavy atom. The second-order valence-corrected chi connectivity index (χ2v) is 3.91. The van der Waals surface area contributed by atoms with Crippen LogP contribution in [0.15, 0.2) is 36.7 Å². The fourth-order valence-corrected chi connectivity index (χ4v) is 1.56. The molecule has 2 rings (SSSR count). The standard InChI is InChI=1S/C13H13N3O2/c1-9-14-7-12(8-15-9)16-11-4-2-3-10(5-11)6-13(17)18/h2-5,7-8,16H,6H2,1H3,(H,17,18). The fourth-order valence-electron chi connectivity index (χ4n) is 1.56. The van der Waals surface area contributed by atoms with E-state index in [4.69, 9.17) is 5.11 Å². The number of rotatable bonds is 4. The van der Waals surface area contributed by atoms with Gasteiger partial charge in [-0.25, -0.2) is 9.97 Å². The first-order valence-corrected chi connectivity index (χ1v) is 5.50. The highest BCUT2D eigenvalue weighted by molar-refractivity contribution is 5.71. The minimum atomic E-state index is -0.842. The number of carboxylic acid groups (broad SMARTS) is 1. The number of carboxylic acids is 1. The van der Waals surface area contributed by atoms with E-state index in [1.165, 1.54) is 0 Å². The van der Waals surface area contributed by atoms with Gasteiger partial charge in [-0.2, -0.15) is 0 Å². The second-order valence-electron chi connectivity index (χ2n) is 3.91. The summed E-state index contributed by atoms with van der Waals surface area (Å²) in [4.78, 5) is 18.8. The summed E-state index contributed by atoms with van der Waals surface area (Å²) in [5, 5.41) is 11.9. The Morgan fingerprint density at radius 1 is 1.28 bits per heavy atom. The first kappa shape index (κ1) is 12.0. The fraction of sp³-hybridized carbons (Fsp3) is 0.154. The van der Waals surface area contributed by atoms with Gasteiger partial charge in [0.15, 0.2) is 0 Å². The van der Waals surface area contributed by atoms with Crippen LogP contribution in [-0.4, -0.2) is 21.0 Å². The van der Waals surface area contributed by atoms with Crippen molar-refractivity contribution in [2.45, 2.75) is 13.3 Å². The molecular weight excluding hydrogens is 230 g/mol. The van der Waals surface area contributed by atoms with Gasteiger partial charge in [0.25, 0.3) is 0 Å². The van der Waals surface area contributed by atoms with Gasteiger partial charge in [0.2, 0.25) is 0 Å². The van der Waals surface area contributed by atoms with Gasteiger partial charge in [0.05, 0.1) is 24.5 Å². The van der Waals surface area contributed by atoms with Gasteiger partial charge < -0.3 is 10.4 Å². The quantitative estimate of drug-likeness (QED) is 0.860. The molecule has 0 unspecified atom stereocenters. The first-order valence-electron chi connectivity index (χ1n) is 5.50. The van der Waals surface area contributed by atoms with Gasteiger partial charge >= 0.3 is 5.97 Å². The molecule has 0 bridgehead atoms. The van der Waals surface area contributed by atoms with Crippen molar-refractivity contribution in [2.75, 3.05) is 5.32 Å². The molecule has 0 fully saturated rings. The van der Waals surface area contributed by atoms with Crippen molar-refractivity contribution in [1.82, 2.24) is 9.97 Å². The smallest absolute Gasteiger partial charge is 0.307 e. The molecule has 1 aromatic heterocycles. The molecule has 2 N–H and O–H groups in total. The highest BCUT2D eigenvalue weighted by Crippen LogP contribution is 2.16. The molecule has 5 nitrogen and oxygen atoms in total. The van der Waals surface area contributed by atoms with E-state index in [1.54, 1.807) is 24.5 Å². The molecule has 92 valence electrons. The molecule has 0 aliphatic rings. The zero-order valence-corrected chi connectivity index (χ0v) is 9.92. The van der Waals surface area contributed by atoms with Crippen molar-refractivity contribution in [3.63, 3.8) is 0 Å². The van der Waals surface area contributed by atoms with Crippen LogP contribution >= 0.6 is 0 Å². The van der Waals surface area contributed by atoms with Gasteiger partial charge in [0.1, 0.15) is 5.82 Å². The van der Waals surface area contributed by atoms with Crippen molar-refractivity contribution in [1.29, 1.82) is 0 Å². The first-order chi connectivity index (χ1) is 8.63. The maximum Gasteiger partial charge on any atom is 0.307 e. The van der Waals surface area contributed by atoms with Crippen LogP contribution in [0, 0.1) is 6.92 Å². The Kier molecular flexibility index (Phi) is 3.52. The summed E-state index contributed by atoms with van der Waals surface area (Å²) in [5.74, 6) is -0.133. The largest absolute Gasteiger partial charge is 0.481 e. The predicted octanol–water partition coefficient (Wildman–Crippen LogP) is 2.16. The Bertz CT molecular complexity index is 552. The zero-order valence-electron chi connectivity index (χ0n) is 9.92. The minimum absolute atomic E-state index is 0.0138. The summed E-state index contributed by atoms with van der Waals surface area (Å²) in [7, 11) is 0. The van der Waals surface area contributed by atoms with Crippen LogP contribution < -0.4 is 5.32 Å². The lowest BCUT2D eigenvalue weighted by Crippen LogP contribution is -2.00. The van der Waals surface area contributed by atoms with E-state index >= 15 is 0 Å². The number of aromatic nitrogens is 2. The molecule has 5 heteroatoms. The number of anilines is 2. The normalized spacial score (nSPS) is 10.1. The number of aryl methyl sites for hydroxylation is 1. The van der Waals surface area contributed by atoms with Gasteiger partial charge in [0, 0.05) is 5.69 Å². The highest BCUT2D eigenvalue weighted by Gasteiger charge is 2.02. The molecule has 0 amide bonds. The third-order valence-electron chi connectivity index (χ3n) is 2.35. The van der Waals surface area contributed by atoms with Crippen LogP contribution in [0.25, 0.3) is 0 Å². The molecule has 2 aromatic rings. The van der Waals surface area contributed by atoms with Crippen molar-refractivity contribution < 1.29 is 9.90 Å². The molecule has 0 atom stereocenters. The number of benzene rings is 1. The predicted molar refractivity (Wildman–Crippen MR) is 67.8 cm³/mol. The zero-order chi connectivity index (χ0) is 13.0. The molecule has 0 saturated carbocycles. The number of nitrogens with one attached hydrogen (secondary N) is 1. The van der Waals surface area contributed by atoms with Gasteiger partial charge in [-0.3, -0.25) is 4.79 Å². The third kappa shape index (κ3) is 3.28. The number of carbonyl (C=O) groups is 1. The average Bonchev–Trinajstić information content (AvgIpc) is 2.32. The maximum absolute atomic E-state index is 10.6. The van der Waals surface area contributed by atoms with Gasteiger partial charge in [-0.05, 0) is 24.6 Å². The van der Waals surface area contributed by atoms with E-state index in [2.05, 4.69) is 15.3 Å². The van der Waals surface area contributed by atoms with E-state index in [-0.39, 0.29) is 6.42 Å². The molecule has 0 saturated heterocycles. The lowest BCUT2D eigenvalue weighted by molar-refractivity contribution is -0.136. The van der Waals surface area contributed by atoms with E-state index in [9.17, 15) is 4.79 Å². The molecule has 0 aliphatic heterocycles. The van der Waals surface area contributed by atoms with Gasteiger partial charge in [-0.1, -0.05) is 12.1 Å². The summed E-state index contributed by atoms with van der Waals surface area (Å²) in [5.41, 5.74) is 2.34. The van der Waals surface area contributed by atoms with E-state index < -0.39 is 5.97 Å². The lowest BCUT2D eigenvalue weighted by atomic mass is 10.1. The Balaban J connectivity index is 2.13. The minimum Gasteiger partial charge on any atom is -0.481 e. The summed E-state index contributed by atoms with van der Waals surface area (Å²) < 4.78 is 0. The molecule has 0 aliphatic carbocycles. The van der Waals surface area contributed by atoms with Crippen LogP contribution in [-0.2, 0) is 11.2 Å². The van der Waals surface area contributed by atoms with E-state index in [0.717, 1.165) is 16.9 Å². The summed E-state index contributed by atoms with van der Waals surface area (Å²) in [6, 6.07) is 7.26. The van der Waals surface area contributed by atoms with Crippen LogP contribution in [0.2, 0.25) is 0 Å². The van der Waals surface area contributed by atoms with Crippen LogP contribution in [0.4, 0.5) is 11.4 Å². The lowest BCUT2D eigenvalue weighted by Gasteiger charge is -2.07. The number of hydrogen-bond donors (Lipinski definition) is 2. The van der Waals surface area contributed by atoms with E-state index in [1.807, 2.05) is 19.1 Å². The molecule has 1 aromatic carbocycles. The number of aliphatic carboxylic acids is 1. The van der Waals surface area contributed by atoms with Crippen LogP contribution in [0.5, 0.6) is 0 Å². The molecule has 0 radical (unpaired) electrons. The van der Waals surface area contributed by atoms with Crippen LogP contribution in [0.3, 0.4) is 0 Å². The topological polar surface area (TPSA) is 75.1 Å². The Hall–Kier alpha value is -2.43. The summed E-state index contributed by atoms with van der Waals surface area (Å²) >= 11 is 0. The Morgan fingerprint density at radius 2 is 2.00 bits per heavy atom. The molecule has 18 heavy (non-hydrogen) atoms. The second kappa shape index (κ2) is 5.27. The van der Waals surface area contributed by atoms with Crippen molar-refractivity contribution in [3.05, 3.63) is 48.0 Å². The maximum atomic E-state index is 10.6. The van der Waals surface area contributed by atoms with Crippen molar-refractivity contribution in [3.8, 4) is 0 Å². The average molecular weight is 243 g/mol. The molecule has 1 heterocycles. The summed E-state index contributed by atoms with van der Waals surface area (Å²) in [6.07, 6.45) is 3.39. The Labute approximate surface area is 105 Å². The molecular formula is C13H13N3O2. The van der Waals surface area contributed by atoms with Crippen molar-refractivity contribution >= 4 is 17.3 Å². The highest BCUT2D eigenvalue weighted by atomic mass is 16.4. The van der Waals surface area contributed by atoms with Crippen LogP contribution in [0.1, 0.15) is 11.4 Å². The van der Waals surface area contributed by atoms with E-state index in [0.29, 0.717) is 5.82 Å². The summed E-state index contributed by atoms with van der Waals surface area (Å²) in [6.45, 7) is 1.82. The number of nitrogens with zero attached hydrogens (tertiary/aromatic N) is 2. The van der Waals surface area contributed by atoms with Crippen molar-refractivity contribution in [2.24, 2.45) is 0 Å². The van der Waals surface area contributed by atoms with Gasteiger partial charge in [-0.15, -0.1) is 0 Å². The monoisotopic (exact) mass is 243 g/mol.